The van der Waals surface area contributed by atoms with Crippen LogP contribution in [0.15, 0.2) is 24.3 Å². The van der Waals surface area contributed by atoms with E-state index in [1.54, 1.807) is 24.3 Å². The summed E-state index contributed by atoms with van der Waals surface area (Å²) in [6.07, 6.45) is -6.58. The topological polar surface area (TPSA) is 115 Å². The van der Waals surface area contributed by atoms with Gasteiger partial charge >= 0.3 is 0 Å². The SMILES string of the molecule is OC[C@H]1O[C@@H](Oc2cc3ccc(Cl)cc3[nH]2)[C@H](O)[C@@H](O)[C@H]1O. The minimum Gasteiger partial charge on any atom is -0.447 e. The van der Waals surface area contributed by atoms with Crippen molar-refractivity contribution < 1.29 is 29.9 Å². The fourth-order valence-corrected chi connectivity index (χ4v) is 2.60. The van der Waals surface area contributed by atoms with Crippen LogP contribution in [0, 0.1) is 0 Å². The summed E-state index contributed by atoms with van der Waals surface area (Å²) in [6, 6.07) is 6.94. The second-order valence-corrected chi connectivity index (χ2v) is 5.62. The molecule has 8 heteroatoms. The Kier molecular flexibility index (Phi) is 4.26. The number of hydrogen-bond acceptors (Lipinski definition) is 6. The first-order valence-corrected chi connectivity index (χ1v) is 7.13. The number of fused-ring (bicyclic) bond motifs is 1. The lowest BCUT2D eigenvalue weighted by Crippen LogP contribution is -2.60. The van der Waals surface area contributed by atoms with E-state index in [0.717, 1.165) is 10.9 Å². The van der Waals surface area contributed by atoms with Crippen molar-refractivity contribution in [2.24, 2.45) is 0 Å². The van der Waals surface area contributed by atoms with Gasteiger partial charge in [0.1, 0.15) is 24.4 Å². The van der Waals surface area contributed by atoms with Crippen molar-refractivity contribution in [3.8, 4) is 5.88 Å². The predicted octanol–water partition coefficient (Wildman–Crippen LogP) is -0.000000000000000500. The number of H-pyrrole nitrogens is 1. The number of aromatic amines is 1. The molecular weight excluding hydrogens is 314 g/mol. The first-order valence-electron chi connectivity index (χ1n) is 6.75. The van der Waals surface area contributed by atoms with Gasteiger partial charge in [0.05, 0.1) is 6.61 Å². The number of ether oxygens (including phenoxy) is 2. The van der Waals surface area contributed by atoms with Gasteiger partial charge in [0, 0.05) is 22.0 Å². The van der Waals surface area contributed by atoms with Gasteiger partial charge < -0.3 is 34.9 Å². The third-order valence-electron chi connectivity index (χ3n) is 3.65. The lowest BCUT2D eigenvalue weighted by atomic mass is 9.99. The van der Waals surface area contributed by atoms with Gasteiger partial charge in [-0.3, -0.25) is 0 Å². The molecule has 1 aromatic carbocycles. The van der Waals surface area contributed by atoms with E-state index in [1.807, 2.05) is 0 Å². The van der Waals surface area contributed by atoms with Crippen LogP contribution in [0.2, 0.25) is 5.02 Å². The van der Waals surface area contributed by atoms with Crippen LogP contribution in [0.5, 0.6) is 5.88 Å². The minimum atomic E-state index is -1.48. The molecule has 120 valence electrons. The Hall–Kier alpha value is -1.35. The summed E-state index contributed by atoms with van der Waals surface area (Å²) >= 11 is 5.90. The summed E-state index contributed by atoms with van der Waals surface area (Å²) in [7, 11) is 0. The molecule has 2 heterocycles. The third kappa shape index (κ3) is 2.79. The smallest absolute Gasteiger partial charge is 0.230 e. The largest absolute Gasteiger partial charge is 0.447 e. The Morgan fingerprint density at radius 2 is 1.91 bits per heavy atom. The highest BCUT2D eigenvalue weighted by Crippen LogP contribution is 2.27. The molecule has 0 amide bonds. The van der Waals surface area contributed by atoms with E-state index >= 15 is 0 Å². The van der Waals surface area contributed by atoms with Crippen molar-refractivity contribution in [3.63, 3.8) is 0 Å². The van der Waals surface area contributed by atoms with E-state index in [-0.39, 0.29) is 0 Å². The average Bonchev–Trinajstić information content (AvgIpc) is 2.89. The van der Waals surface area contributed by atoms with Crippen molar-refractivity contribution >= 4 is 22.5 Å². The molecule has 0 spiro atoms. The molecule has 5 atom stereocenters. The maximum atomic E-state index is 9.92. The Morgan fingerprint density at radius 1 is 1.14 bits per heavy atom. The van der Waals surface area contributed by atoms with E-state index in [1.165, 1.54) is 0 Å². The number of aliphatic hydroxyl groups excluding tert-OH is 4. The Morgan fingerprint density at radius 3 is 2.64 bits per heavy atom. The van der Waals surface area contributed by atoms with E-state index in [2.05, 4.69) is 4.98 Å². The van der Waals surface area contributed by atoms with Gasteiger partial charge in [-0.2, -0.15) is 0 Å². The van der Waals surface area contributed by atoms with Crippen molar-refractivity contribution in [3.05, 3.63) is 29.3 Å². The first-order chi connectivity index (χ1) is 10.5. The number of nitrogens with one attached hydrogen (secondary N) is 1. The van der Waals surface area contributed by atoms with Gasteiger partial charge in [0.15, 0.2) is 5.88 Å². The standard InChI is InChI=1S/C14H16ClNO6/c15-7-2-1-6-3-10(16-8(6)4-7)22-14-13(20)12(19)11(18)9(5-17)21-14/h1-4,9,11-14,16-20H,5H2/t9-,11+,12+,13-,14+/m1/s1. The quantitative estimate of drug-likeness (QED) is 0.541. The van der Waals surface area contributed by atoms with Crippen LogP contribution in [0.4, 0.5) is 0 Å². The molecule has 1 fully saturated rings. The molecule has 0 radical (unpaired) electrons. The van der Waals surface area contributed by atoms with Crippen LogP contribution < -0.4 is 4.74 Å². The summed E-state index contributed by atoms with van der Waals surface area (Å²) in [4.78, 5) is 2.96. The number of hydrogen-bond donors (Lipinski definition) is 5. The third-order valence-corrected chi connectivity index (χ3v) is 3.89. The highest BCUT2D eigenvalue weighted by Gasteiger charge is 2.44. The van der Waals surface area contributed by atoms with Gasteiger partial charge in [-0.1, -0.05) is 17.7 Å². The maximum Gasteiger partial charge on any atom is 0.230 e. The fraction of sp³-hybridized carbons (Fsp3) is 0.429. The Balaban J connectivity index is 1.80. The molecule has 1 aromatic heterocycles. The van der Waals surface area contributed by atoms with Crippen molar-refractivity contribution in [2.75, 3.05) is 6.61 Å². The Bertz CT molecular complexity index is 660. The number of rotatable bonds is 3. The van der Waals surface area contributed by atoms with Gasteiger partial charge in [-0.15, -0.1) is 0 Å². The molecule has 0 saturated carbocycles. The van der Waals surface area contributed by atoms with Crippen LogP contribution in [0.3, 0.4) is 0 Å². The van der Waals surface area contributed by atoms with Crippen LogP contribution in [-0.4, -0.2) is 62.7 Å². The number of benzene rings is 1. The van der Waals surface area contributed by atoms with Crippen molar-refractivity contribution in [1.82, 2.24) is 4.98 Å². The minimum absolute atomic E-state index is 0.307. The summed E-state index contributed by atoms with van der Waals surface area (Å²) in [5, 5.41) is 39.9. The molecule has 22 heavy (non-hydrogen) atoms. The van der Waals surface area contributed by atoms with E-state index < -0.39 is 37.3 Å². The first kappa shape index (κ1) is 15.5. The fourth-order valence-electron chi connectivity index (χ4n) is 2.43. The van der Waals surface area contributed by atoms with Crippen LogP contribution in [-0.2, 0) is 4.74 Å². The molecule has 3 rings (SSSR count). The molecule has 2 aromatic rings. The number of aliphatic hydroxyl groups is 4. The van der Waals surface area contributed by atoms with Crippen molar-refractivity contribution in [2.45, 2.75) is 30.7 Å². The normalized spacial score (nSPS) is 32.3. The summed E-state index contributed by atoms with van der Waals surface area (Å²) in [6.45, 7) is -0.507. The lowest BCUT2D eigenvalue weighted by molar-refractivity contribution is -0.278. The molecule has 0 bridgehead atoms. The van der Waals surface area contributed by atoms with Crippen LogP contribution in [0.25, 0.3) is 10.9 Å². The van der Waals surface area contributed by atoms with Crippen molar-refractivity contribution in [1.29, 1.82) is 0 Å². The highest BCUT2D eigenvalue weighted by atomic mass is 35.5. The van der Waals surface area contributed by atoms with E-state index in [9.17, 15) is 15.3 Å². The van der Waals surface area contributed by atoms with Gasteiger partial charge in [-0.25, -0.2) is 0 Å². The second kappa shape index (κ2) is 6.04. The molecular formula is C14H16ClNO6. The van der Waals surface area contributed by atoms with Crippen LogP contribution >= 0.6 is 11.6 Å². The van der Waals surface area contributed by atoms with E-state index in [0.29, 0.717) is 10.9 Å². The predicted molar refractivity (Wildman–Crippen MR) is 77.7 cm³/mol. The second-order valence-electron chi connectivity index (χ2n) is 5.18. The molecule has 1 aliphatic rings. The number of halogens is 1. The zero-order chi connectivity index (χ0) is 15.9. The van der Waals surface area contributed by atoms with Gasteiger partial charge in [0.25, 0.3) is 0 Å². The summed E-state index contributed by atoms with van der Waals surface area (Å²) in [5.41, 5.74) is 0.743. The summed E-state index contributed by atoms with van der Waals surface area (Å²) in [5.74, 6) is 0.307. The average molecular weight is 330 g/mol. The number of aromatic nitrogens is 1. The monoisotopic (exact) mass is 329 g/mol. The van der Waals surface area contributed by atoms with Gasteiger partial charge in [-0.05, 0) is 12.1 Å². The maximum absolute atomic E-state index is 9.92. The molecule has 1 saturated heterocycles. The Labute approximate surface area is 130 Å². The zero-order valence-electron chi connectivity index (χ0n) is 11.4. The van der Waals surface area contributed by atoms with Crippen LogP contribution in [0.1, 0.15) is 0 Å². The van der Waals surface area contributed by atoms with E-state index in [4.69, 9.17) is 26.2 Å². The molecule has 0 aliphatic carbocycles. The molecule has 5 N–H and O–H groups in total. The lowest BCUT2D eigenvalue weighted by Gasteiger charge is -2.39. The molecule has 0 unspecified atom stereocenters. The molecule has 7 nitrogen and oxygen atoms in total. The zero-order valence-corrected chi connectivity index (χ0v) is 12.1. The van der Waals surface area contributed by atoms with Gasteiger partial charge in [0.2, 0.25) is 6.29 Å². The molecule has 1 aliphatic heterocycles. The highest BCUT2D eigenvalue weighted by molar-refractivity contribution is 6.31. The summed E-state index contributed by atoms with van der Waals surface area (Å²) < 4.78 is 10.8.